The molecule has 6 heteroatoms. The fourth-order valence-corrected chi connectivity index (χ4v) is 3.45. The highest BCUT2D eigenvalue weighted by Crippen LogP contribution is 2.28. The lowest BCUT2D eigenvalue weighted by Crippen LogP contribution is -2.06. The standard InChI is InChI=1S/C27H24FN5/c1-4-6-22(13-18(2)3)26-31-15-19(16-32-26)17-33-27-25(28)23(10-12-30-27)20-8-9-24-21(14-20)7-5-11-29-24/h4-16H,2,17H2,1,3H3,(H,30,33)/b6-4-,22-13+. The molecule has 3 heterocycles. The molecule has 0 amide bonds. The van der Waals surface area contributed by atoms with Crippen molar-refractivity contribution in [1.82, 2.24) is 19.9 Å². The van der Waals surface area contributed by atoms with E-state index in [9.17, 15) is 0 Å². The average molecular weight is 438 g/mol. The van der Waals surface area contributed by atoms with Crippen molar-refractivity contribution in [2.75, 3.05) is 5.32 Å². The van der Waals surface area contributed by atoms with E-state index in [2.05, 4.69) is 31.8 Å². The van der Waals surface area contributed by atoms with Crippen LogP contribution in [0.3, 0.4) is 0 Å². The first kappa shape index (κ1) is 22.0. The maximum absolute atomic E-state index is 15.2. The second kappa shape index (κ2) is 9.96. The van der Waals surface area contributed by atoms with Crippen LogP contribution in [-0.2, 0) is 6.54 Å². The summed E-state index contributed by atoms with van der Waals surface area (Å²) < 4.78 is 15.2. The molecule has 1 N–H and O–H groups in total. The van der Waals surface area contributed by atoms with Crippen LogP contribution < -0.4 is 5.32 Å². The zero-order chi connectivity index (χ0) is 23.2. The normalized spacial score (nSPS) is 11.8. The van der Waals surface area contributed by atoms with Crippen molar-refractivity contribution >= 4 is 22.3 Å². The molecule has 164 valence electrons. The molecule has 3 aromatic heterocycles. The second-order valence-corrected chi connectivity index (χ2v) is 7.65. The van der Waals surface area contributed by atoms with Gasteiger partial charge in [0.05, 0.1) is 5.52 Å². The molecule has 33 heavy (non-hydrogen) atoms. The van der Waals surface area contributed by atoms with Crippen molar-refractivity contribution in [3.63, 3.8) is 0 Å². The first-order chi connectivity index (χ1) is 16.0. The van der Waals surface area contributed by atoms with Crippen LogP contribution in [0.25, 0.3) is 27.6 Å². The third-order valence-electron chi connectivity index (χ3n) is 4.97. The maximum atomic E-state index is 15.2. The van der Waals surface area contributed by atoms with Gasteiger partial charge in [-0.3, -0.25) is 4.98 Å². The second-order valence-electron chi connectivity index (χ2n) is 7.65. The molecule has 0 saturated carbocycles. The first-order valence-corrected chi connectivity index (χ1v) is 10.6. The van der Waals surface area contributed by atoms with Crippen molar-refractivity contribution in [2.24, 2.45) is 0 Å². The molecule has 4 aromatic rings. The van der Waals surface area contributed by atoms with Crippen LogP contribution in [0, 0.1) is 5.82 Å². The lowest BCUT2D eigenvalue weighted by molar-refractivity contribution is 0.628. The van der Waals surface area contributed by atoms with Crippen molar-refractivity contribution < 1.29 is 4.39 Å². The summed E-state index contributed by atoms with van der Waals surface area (Å²) in [5, 5.41) is 4.02. The van der Waals surface area contributed by atoms with Crippen LogP contribution in [0.4, 0.5) is 10.2 Å². The van der Waals surface area contributed by atoms with Gasteiger partial charge in [0.25, 0.3) is 0 Å². The van der Waals surface area contributed by atoms with Gasteiger partial charge in [-0.05, 0) is 49.8 Å². The van der Waals surface area contributed by atoms with Crippen molar-refractivity contribution in [2.45, 2.75) is 20.4 Å². The minimum absolute atomic E-state index is 0.180. The van der Waals surface area contributed by atoms with E-state index in [0.717, 1.165) is 33.2 Å². The number of halogens is 1. The summed E-state index contributed by atoms with van der Waals surface area (Å²) in [5.41, 5.74) is 4.74. The smallest absolute Gasteiger partial charge is 0.173 e. The van der Waals surface area contributed by atoms with Gasteiger partial charge in [0, 0.05) is 53.4 Å². The van der Waals surface area contributed by atoms with E-state index in [0.29, 0.717) is 17.9 Å². The molecule has 5 nitrogen and oxygen atoms in total. The number of hydrogen-bond acceptors (Lipinski definition) is 5. The van der Waals surface area contributed by atoms with Gasteiger partial charge < -0.3 is 5.32 Å². The largest absolute Gasteiger partial charge is 0.363 e. The Morgan fingerprint density at radius 3 is 2.64 bits per heavy atom. The van der Waals surface area contributed by atoms with E-state index in [1.807, 2.05) is 62.4 Å². The van der Waals surface area contributed by atoms with Crippen LogP contribution in [0.15, 0.2) is 91.6 Å². The highest BCUT2D eigenvalue weighted by Gasteiger charge is 2.12. The minimum atomic E-state index is -0.405. The number of fused-ring (bicyclic) bond motifs is 1. The molecular weight excluding hydrogens is 413 g/mol. The summed E-state index contributed by atoms with van der Waals surface area (Å²) >= 11 is 0. The number of anilines is 1. The van der Waals surface area contributed by atoms with Gasteiger partial charge in [0.2, 0.25) is 0 Å². The van der Waals surface area contributed by atoms with E-state index in [1.165, 1.54) is 0 Å². The number of nitrogens with zero attached hydrogens (tertiary/aromatic N) is 4. The van der Waals surface area contributed by atoms with E-state index < -0.39 is 5.82 Å². The maximum Gasteiger partial charge on any atom is 0.173 e. The Kier molecular flexibility index (Phi) is 6.64. The average Bonchev–Trinajstić information content (AvgIpc) is 2.83. The van der Waals surface area contributed by atoms with Gasteiger partial charge in [-0.25, -0.2) is 19.3 Å². The molecule has 0 aliphatic heterocycles. The van der Waals surface area contributed by atoms with E-state index in [-0.39, 0.29) is 5.82 Å². The molecule has 0 saturated heterocycles. The molecule has 0 aliphatic rings. The zero-order valence-electron chi connectivity index (χ0n) is 18.6. The van der Waals surface area contributed by atoms with Crippen molar-refractivity contribution in [3.8, 4) is 11.1 Å². The SMILES string of the molecule is C=C(C)/C=C(\C=C/C)c1ncc(CNc2nccc(-c3ccc4ncccc4c3)c2F)cn1. The van der Waals surface area contributed by atoms with Crippen molar-refractivity contribution in [1.29, 1.82) is 0 Å². The summed E-state index contributed by atoms with van der Waals surface area (Å²) in [6.07, 6.45) is 12.6. The summed E-state index contributed by atoms with van der Waals surface area (Å²) in [5.74, 6) is 0.384. The minimum Gasteiger partial charge on any atom is -0.363 e. The first-order valence-electron chi connectivity index (χ1n) is 10.6. The van der Waals surface area contributed by atoms with Crippen LogP contribution in [0.5, 0.6) is 0 Å². The number of pyridine rings is 2. The van der Waals surface area contributed by atoms with Crippen LogP contribution in [0.2, 0.25) is 0 Å². The van der Waals surface area contributed by atoms with Gasteiger partial charge in [-0.2, -0.15) is 0 Å². The van der Waals surface area contributed by atoms with Gasteiger partial charge in [0.15, 0.2) is 17.5 Å². The Balaban J connectivity index is 1.52. The lowest BCUT2D eigenvalue weighted by atomic mass is 10.0. The number of benzene rings is 1. The molecule has 0 atom stereocenters. The summed E-state index contributed by atoms with van der Waals surface area (Å²) in [6, 6.07) is 11.2. The number of nitrogens with one attached hydrogen (secondary N) is 1. The molecule has 0 radical (unpaired) electrons. The molecule has 0 spiro atoms. The van der Waals surface area contributed by atoms with E-state index in [4.69, 9.17) is 0 Å². The summed E-state index contributed by atoms with van der Waals surface area (Å²) in [7, 11) is 0. The fraction of sp³-hybridized carbons (Fsp3) is 0.111. The predicted molar refractivity (Wildman–Crippen MR) is 132 cm³/mol. The highest BCUT2D eigenvalue weighted by atomic mass is 19.1. The summed E-state index contributed by atoms with van der Waals surface area (Å²) in [6.45, 7) is 8.12. The molecule has 0 bridgehead atoms. The molecular formula is C27H24FN5. The predicted octanol–water partition coefficient (Wildman–Crippen LogP) is 6.37. The Bertz CT molecular complexity index is 1360. The highest BCUT2D eigenvalue weighted by molar-refractivity contribution is 5.84. The molecule has 4 rings (SSSR count). The number of hydrogen-bond donors (Lipinski definition) is 1. The quantitative estimate of drug-likeness (QED) is 0.340. The van der Waals surface area contributed by atoms with Crippen molar-refractivity contribution in [3.05, 3.63) is 109 Å². The number of aromatic nitrogens is 4. The monoisotopic (exact) mass is 437 g/mol. The summed E-state index contributed by atoms with van der Waals surface area (Å²) in [4.78, 5) is 17.4. The number of rotatable bonds is 7. The molecule has 1 aromatic carbocycles. The molecule has 0 fully saturated rings. The van der Waals surface area contributed by atoms with Crippen LogP contribution in [0.1, 0.15) is 25.2 Å². The van der Waals surface area contributed by atoms with Crippen LogP contribution in [-0.4, -0.2) is 19.9 Å². The zero-order valence-corrected chi connectivity index (χ0v) is 18.6. The van der Waals surface area contributed by atoms with Gasteiger partial charge >= 0.3 is 0 Å². The molecule has 0 unspecified atom stereocenters. The number of allylic oxidation sites excluding steroid dienone is 5. The van der Waals surface area contributed by atoms with Gasteiger partial charge in [-0.15, -0.1) is 0 Å². The van der Waals surface area contributed by atoms with E-state index >= 15 is 4.39 Å². The topological polar surface area (TPSA) is 63.6 Å². The van der Waals surface area contributed by atoms with E-state index in [1.54, 1.807) is 30.9 Å². The third-order valence-corrected chi connectivity index (χ3v) is 4.97. The third kappa shape index (κ3) is 5.18. The Hall–Kier alpha value is -4.19. The van der Waals surface area contributed by atoms with Gasteiger partial charge in [0.1, 0.15) is 0 Å². The Labute approximate surface area is 192 Å². The lowest BCUT2D eigenvalue weighted by Gasteiger charge is -2.11. The Morgan fingerprint density at radius 1 is 1.06 bits per heavy atom. The van der Waals surface area contributed by atoms with Crippen LogP contribution >= 0.6 is 0 Å². The van der Waals surface area contributed by atoms with Gasteiger partial charge in [-0.1, -0.05) is 36.4 Å². The molecule has 0 aliphatic carbocycles. The fourth-order valence-electron chi connectivity index (χ4n) is 3.45. The Morgan fingerprint density at radius 2 is 1.88 bits per heavy atom.